The molecule has 0 saturated heterocycles. The van der Waals surface area contributed by atoms with Crippen molar-refractivity contribution < 1.29 is 8.78 Å². The van der Waals surface area contributed by atoms with Gasteiger partial charge in [-0.15, -0.1) is 5.10 Å². The summed E-state index contributed by atoms with van der Waals surface area (Å²) in [6.07, 6.45) is 1.37. The van der Waals surface area contributed by atoms with E-state index in [2.05, 4.69) is 25.8 Å². The Labute approximate surface area is 135 Å². The van der Waals surface area contributed by atoms with E-state index in [-0.39, 0.29) is 5.95 Å². The van der Waals surface area contributed by atoms with Crippen molar-refractivity contribution >= 4 is 34.7 Å². The number of aromatic nitrogens is 3. The molecule has 0 spiro atoms. The van der Waals surface area contributed by atoms with E-state index in [9.17, 15) is 8.78 Å². The minimum Gasteiger partial charge on any atom is -0.339 e. The van der Waals surface area contributed by atoms with Crippen LogP contribution in [0.25, 0.3) is 0 Å². The number of halogens is 3. The molecule has 3 rings (SSSR count). The maximum absolute atomic E-state index is 13.2. The van der Waals surface area contributed by atoms with Crippen LogP contribution in [0.2, 0.25) is 5.02 Å². The van der Waals surface area contributed by atoms with Crippen molar-refractivity contribution in [2.24, 2.45) is 0 Å². The second kappa shape index (κ2) is 6.53. The Hall–Kier alpha value is -2.80. The van der Waals surface area contributed by atoms with E-state index in [1.54, 1.807) is 24.3 Å². The van der Waals surface area contributed by atoms with Gasteiger partial charge < -0.3 is 10.6 Å². The number of rotatable bonds is 4. The molecule has 1 aromatic heterocycles. The molecule has 0 aliphatic rings. The molecule has 0 atom stereocenters. The number of hydrogen-bond donors (Lipinski definition) is 2. The second-order valence-corrected chi connectivity index (χ2v) is 4.99. The lowest BCUT2D eigenvalue weighted by Crippen LogP contribution is -2.02. The number of nitrogens with one attached hydrogen (secondary N) is 2. The van der Waals surface area contributed by atoms with E-state index in [0.29, 0.717) is 16.5 Å². The van der Waals surface area contributed by atoms with Crippen LogP contribution in [0, 0.1) is 11.6 Å². The van der Waals surface area contributed by atoms with Crippen LogP contribution in [0.15, 0.2) is 48.7 Å². The largest absolute Gasteiger partial charge is 0.339 e. The van der Waals surface area contributed by atoms with Crippen LogP contribution in [0.3, 0.4) is 0 Å². The first-order chi connectivity index (χ1) is 11.1. The van der Waals surface area contributed by atoms with Gasteiger partial charge in [0.25, 0.3) is 0 Å². The first-order valence-electron chi connectivity index (χ1n) is 6.54. The average Bonchev–Trinajstić information content (AvgIpc) is 2.54. The summed E-state index contributed by atoms with van der Waals surface area (Å²) in [7, 11) is 0. The monoisotopic (exact) mass is 333 g/mol. The second-order valence-electron chi connectivity index (χ2n) is 4.55. The van der Waals surface area contributed by atoms with E-state index in [4.69, 9.17) is 11.6 Å². The van der Waals surface area contributed by atoms with Gasteiger partial charge >= 0.3 is 0 Å². The van der Waals surface area contributed by atoms with E-state index < -0.39 is 11.6 Å². The quantitative estimate of drug-likeness (QED) is 0.745. The highest BCUT2D eigenvalue weighted by Crippen LogP contribution is 2.19. The Balaban J connectivity index is 1.76. The van der Waals surface area contributed by atoms with Crippen molar-refractivity contribution in [2.75, 3.05) is 10.6 Å². The van der Waals surface area contributed by atoms with Crippen LogP contribution >= 0.6 is 11.6 Å². The van der Waals surface area contributed by atoms with Crippen LogP contribution in [0.1, 0.15) is 0 Å². The zero-order valence-corrected chi connectivity index (χ0v) is 12.4. The lowest BCUT2D eigenvalue weighted by atomic mass is 10.3. The van der Waals surface area contributed by atoms with Crippen molar-refractivity contribution in [3.05, 3.63) is 65.3 Å². The summed E-state index contributed by atoms with van der Waals surface area (Å²) in [5.41, 5.74) is 1.09. The molecule has 5 nitrogen and oxygen atoms in total. The molecular formula is C15H10ClF2N5. The van der Waals surface area contributed by atoms with Crippen LogP contribution in [0.5, 0.6) is 0 Å². The number of hydrogen-bond acceptors (Lipinski definition) is 5. The molecule has 116 valence electrons. The van der Waals surface area contributed by atoms with Gasteiger partial charge in [0.1, 0.15) is 0 Å². The van der Waals surface area contributed by atoms with E-state index in [1.807, 2.05) is 0 Å². The molecular weight excluding hydrogens is 324 g/mol. The standard InChI is InChI=1S/C15H10ClF2N5/c16-9-1-3-10(4-2-9)21-15-22-14(8-19-23-15)20-11-5-6-12(17)13(18)7-11/h1-8H,(H2,20,21,22,23). The van der Waals surface area contributed by atoms with Gasteiger partial charge in [-0.25, -0.2) is 8.78 Å². The first kappa shape index (κ1) is 15.1. The molecule has 8 heteroatoms. The molecule has 2 N–H and O–H groups in total. The van der Waals surface area contributed by atoms with Gasteiger partial charge in [-0.3, -0.25) is 0 Å². The first-order valence-corrected chi connectivity index (χ1v) is 6.92. The van der Waals surface area contributed by atoms with Gasteiger partial charge in [0.05, 0.1) is 6.20 Å². The molecule has 0 aliphatic heterocycles. The Bertz CT molecular complexity index is 826. The van der Waals surface area contributed by atoms with E-state index >= 15 is 0 Å². The molecule has 0 saturated carbocycles. The van der Waals surface area contributed by atoms with Crippen molar-refractivity contribution in [2.45, 2.75) is 0 Å². The SMILES string of the molecule is Fc1ccc(Nc2cnnc(Nc3ccc(Cl)cc3)n2)cc1F. The number of nitrogens with zero attached hydrogens (tertiary/aromatic N) is 3. The predicted molar refractivity (Wildman–Crippen MR) is 84.2 cm³/mol. The van der Waals surface area contributed by atoms with Gasteiger partial charge in [0.2, 0.25) is 5.95 Å². The molecule has 0 aliphatic carbocycles. The van der Waals surface area contributed by atoms with E-state index in [1.165, 1.54) is 12.3 Å². The summed E-state index contributed by atoms with van der Waals surface area (Å²) in [6.45, 7) is 0. The highest BCUT2D eigenvalue weighted by Gasteiger charge is 2.05. The van der Waals surface area contributed by atoms with Crippen molar-refractivity contribution in [1.29, 1.82) is 0 Å². The summed E-state index contributed by atoms with van der Waals surface area (Å²) >= 11 is 5.82. The van der Waals surface area contributed by atoms with Gasteiger partial charge in [-0.2, -0.15) is 10.1 Å². The minimum atomic E-state index is -0.948. The average molecular weight is 334 g/mol. The molecule has 0 fully saturated rings. The smallest absolute Gasteiger partial charge is 0.249 e. The maximum atomic E-state index is 13.2. The third-order valence-corrected chi connectivity index (χ3v) is 3.10. The number of benzene rings is 2. The topological polar surface area (TPSA) is 62.7 Å². The van der Waals surface area contributed by atoms with Gasteiger partial charge in [0.15, 0.2) is 17.5 Å². The fourth-order valence-electron chi connectivity index (χ4n) is 1.80. The summed E-state index contributed by atoms with van der Waals surface area (Å²) in [5.74, 6) is -1.28. The van der Waals surface area contributed by atoms with Gasteiger partial charge in [-0.05, 0) is 36.4 Å². The molecule has 0 amide bonds. The fourth-order valence-corrected chi connectivity index (χ4v) is 1.93. The predicted octanol–water partition coefficient (Wildman–Crippen LogP) is 4.29. The lowest BCUT2D eigenvalue weighted by molar-refractivity contribution is 0.509. The lowest BCUT2D eigenvalue weighted by Gasteiger charge is -2.08. The molecule has 23 heavy (non-hydrogen) atoms. The van der Waals surface area contributed by atoms with Crippen molar-refractivity contribution in [3.63, 3.8) is 0 Å². The maximum Gasteiger partial charge on any atom is 0.249 e. The highest BCUT2D eigenvalue weighted by molar-refractivity contribution is 6.30. The Kier molecular flexibility index (Phi) is 4.29. The van der Waals surface area contributed by atoms with Crippen LogP contribution in [0.4, 0.5) is 31.9 Å². The fraction of sp³-hybridized carbons (Fsp3) is 0. The zero-order chi connectivity index (χ0) is 16.2. The third-order valence-electron chi connectivity index (χ3n) is 2.85. The van der Waals surface area contributed by atoms with Gasteiger partial charge in [-0.1, -0.05) is 11.6 Å². The van der Waals surface area contributed by atoms with Crippen molar-refractivity contribution in [3.8, 4) is 0 Å². The summed E-state index contributed by atoms with van der Waals surface area (Å²) in [4.78, 5) is 4.19. The van der Waals surface area contributed by atoms with Crippen molar-refractivity contribution in [1.82, 2.24) is 15.2 Å². The van der Waals surface area contributed by atoms with Crippen LogP contribution in [-0.4, -0.2) is 15.2 Å². The van der Waals surface area contributed by atoms with E-state index in [0.717, 1.165) is 17.8 Å². The van der Waals surface area contributed by atoms with Gasteiger partial charge in [0, 0.05) is 22.5 Å². The molecule has 1 heterocycles. The summed E-state index contributed by atoms with van der Waals surface area (Å²) in [6, 6.07) is 10.4. The highest BCUT2D eigenvalue weighted by atomic mass is 35.5. The summed E-state index contributed by atoms with van der Waals surface area (Å²) in [5, 5.41) is 14.1. The van der Waals surface area contributed by atoms with Crippen LogP contribution in [-0.2, 0) is 0 Å². The Morgan fingerprint density at radius 3 is 2.35 bits per heavy atom. The summed E-state index contributed by atoms with van der Waals surface area (Å²) < 4.78 is 26.1. The normalized spacial score (nSPS) is 10.4. The molecule has 0 bridgehead atoms. The molecule has 3 aromatic rings. The van der Waals surface area contributed by atoms with Crippen LogP contribution < -0.4 is 10.6 Å². The Morgan fingerprint density at radius 1 is 0.870 bits per heavy atom. The molecule has 0 radical (unpaired) electrons. The molecule has 2 aromatic carbocycles. The third kappa shape index (κ3) is 3.89. The Morgan fingerprint density at radius 2 is 1.61 bits per heavy atom. The molecule has 0 unspecified atom stereocenters. The minimum absolute atomic E-state index is 0.250. The number of anilines is 4. The zero-order valence-electron chi connectivity index (χ0n) is 11.6.